The predicted octanol–water partition coefficient (Wildman–Crippen LogP) is 4.52. The Morgan fingerprint density at radius 2 is 2.20 bits per heavy atom. The van der Waals surface area contributed by atoms with Crippen LogP contribution in [0.4, 0.5) is 5.69 Å². The highest BCUT2D eigenvalue weighted by Gasteiger charge is 2.18. The van der Waals surface area contributed by atoms with Crippen LogP contribution < -0.4 is 5.32 Å². The molecule has 0 saturated heterocycles. The topological polar surface area (TPSA) is 81.5 Å². The zero-order valence-electron chi connectivity index (χ0n) is 13.4. The second-order valence-electron chi connectivity index (χ2n) is 5.00. The molecule has 1 aromatic carbocycles. The molecule has 1 unspecified atom stereocenters. The van der Waals surface area contributed by atoms with Gasteiger partial charge in [0.25, 0.3) is 5.69 Å². The van der Waals surface area contributed by atoms with E-state index in [2.05, 4.69) is 5.32 Å². The first kappa shape index (κ1) is 21.4. The lowest BCUT2D eigenvalue weighted by Crippen LogP contribution is -2.23. The van der Waals surface area contributed by atoms with Gasteiger partial charge in [0.05, 0.1) is 24.0 Å². The average molecular weight is 405 g/mol. The van der Waals surface area contributed by atoms with Gasteiger partial charge in [-0.25, -0.2) is 0 Å². The fourth-order valence-electron chi connectivity index (χ4n) is 2.20. The minimum atomic E-state index is -0.513. The molecule has 1 aromatic heterocycles. The summed E-state index contributed by atoms with van der Waals surface area (Å²) in [5.74, 6) is -0.287. The number of carbonyl (C=O) groups is 1. The summed E-state index contributed by atoms with van der Waals surface area (Å²) >= 11 is 7.35. The van der Waals surface area contributed by atoms with E-state index in [1.807, 2.05) is 17.5 Å². The maximum Gasteiger partial charge on any atom is 0.307 e. The molecule has 6 nitrogen and oxygen atoms in total. The Kier molecular flexibility index (Phi) is 8.85. The molecule has 0 aliphatic heterocycles. The maximum absolute atomic E-state index is 11.8. The Bertz CT molecular complexity index is 710. The van der Waals surface area contributed by atoms with Gasteiger partial charge in [-0.2, -0.15) is 0 Å². The molecule has 2 aromatic rings. The van der Waals surface area contributed by atoms with Crippen LogP contribution in [0.3, 0.4) is 0 Å². The van der Waals surface area contributed by atoms with Crippen LogP contribution in [0, 0.1) is 10.1 Å². The van der Waals surface area contributed by atoms with E-state index in [9.17, 15) is 14.9 Å². The second kappa shape index (κ2) is 10.4. The SMILES string of the molecule is CCOC(=O)CC(NCc1ccc(Cl)c([N+](=O)[O-])c1)c1cccs1.Cl. The van der Waals surface area contributed by atoms with Crippen molar-refractivity contribution in [1.29, 1.82) is 0 Å². The number of nitro benzene ring substituents is 1. The fraction of sp³-hybridized carbons (Fsp3) is 0.312. The average Bonchev–Trinajstić information content (AvgIpc) is 3.07. The number of nitrogens with zero attached hydrogens (tertiary/aromatic N) is 1. The van der Waals surface area contributed by atoms with E-state index in [1.165, 1.54) is 23.5 Å². The van der Waals surface area contributed by atoms with Gasteiger partial charge in [-0.3, -0.25) is 14.9 Å². The van der Waals surface area contributed by atoms with Crippen molar-refractivity contribution >= 4 is 47.0 Å². The van der Waals surface area contributed by atoms with E-state index >= 15 is 0 Å². The van der Waals surface area contributed by atoms with Crippen LogP contribution in [0.1, 0.15) is 29.8 Å². The number of esters is 1. The highest BCUT2D eigenvalue weighted by molar-refractivity contribution is 7.10. The fourth-order valence-corrected chi connectivity index (χ4v) is 3.19. The van der Waals surface area contributed by atoms with Crippen molar-refractivity contribution in [2.45, 2.75) is 25.9 Å². The number of nitrogens with one attached hydrogen (secondary N) is 1. The van der Waals surface area contributed by atoms with Gasteiger partial charge in [-0.05, 0) is 30.0 Å². The minimum Gasteiger partial charge on any atom is -0.466 e. The normalized spacial score (nSPS) is 11.4. The molecule has 0 fully saturated rings. The summed E-state index contributed by atoms with van der Waals surface area (Å²) in [6.07, 6.45) is 0.198. The van der Waals surface area contributed by atoms with Crippen molar-refractivity contribution in [3.05, 3.63) is 61.3 Å². The molecular weight excluding hydrogens is 387 g/mol. The van der Waals surface area contributed by atoms with Crippen molar-refractivity contribution in [2.24, 2.45) is 0 Å². The Morgan fingerprint density at radius 1 is 1.44 bits per heavy atom. The van der Waals surface area contributed by atoms with E-state index in [-0.39, 0.29) is 41.5 Å². The lowest BCUT2D eigenvalue weighted by molar-refractivity contribution is -0.384. The van der Waals surface area contributed by atoms with E-state index in [0.717, 1.165) is 10.4 Å². The quantitative estimate of drug-likeness (QED) is 0.397. The van der Waals surface area contributed by atoms with Gasteiger partial charge in [0.15, 0.2) is 0 Å². The lowest BCUT2D eigenvalue weighted by atomic mass is 10.1. The molecule has 0 bridgehead atoms. The van der Waals surface area contributed by atoms with E-state index < -0.39 is 4.92 Å². The summed E-state index contributed by atoms with van der Waals surface area (Å²) in [5, 5.41) is 16.2. The van der Waals surface area contributed by atoms with Gasteiger partial charge >= 0.3 is 5.97 Å². The summed E-state index contributed by atoms with van der Waals surface area (Å²) in [6, 6.07) is 8.29. The van der Waals surface area contributed by atoms with Crippen LogP contribution in [-0.2, 0) is 16.1 Å². The number of hydrogen-bond donors (Lipinski definition) is 1. The van der Waals surface area contributed by atoms with Crippen LogP contribution in [-0.4, -0.2) is 17.5 Å². The molecule has 0 radical (unpaired) electrons. The van der Waals surface area contributed by atoms with Gasteiger partial charge < -0.3 is 10.1 Å². The summed E-state index contributed by atoms with van der Waals surface area (Å²) in [7, 11) is 0. The number of nitro groups is 1. The Morgan fingerprint density at radius 3 is 2.80 bits per heavy atom. The number of carbonyl (C=O) groups excluding carboxylic acids is 1. The summed E-state index contributed by atoms with van der Waals surface area (Å²) in [6.45, 7) is 2.47. The molecule has 0 aliphatic carbocycles. The lowest BCUT2D eigenvalue weighted by Gasteiger charge is -2.17. The predicted molar refractivity (Wildman–Crippen MR) is 101 cm³/mol. The van der Waals surface area contributed by atoms with Crippen LogP contribution in [0.15, 0.2) is 35.7 Å². The highest BCUT2D eigenvalue weighted by atomic mass is 35.5. The first-order valence-electron chi connectivity index (χ1n) is 7.36. The number of hydrogen-bond acceptors (Lipinski definition) is 6. The van der Waals surface area contributed by atoms with Crippen molar-refractivity contribution in [3.8, 4) is 0 Å². The Labute approximate surface area is 160 Å². The van der Waals surface area contributed by atoms with Gasteiger partial charge in [0.2, 0.25) is 0 Å². The zero-order chi connectivity index (χ0) is 17.5. The van der Waals surface area contributed by atoms with E-state index in [0.29, 0.717) is 13.2 Å². The smallest absolute Gasteiger partial charge is 0.307 e. The van der Waals surface area contributed by atoms with Crippen LogP contribution in [0.5, 0.6) is 0 Å². The largest absolute Gasteiger partial charge is 0.466 e. The van der Waals surface area contributed by atoms with E-state index in [4.69, 9.17) is 16.3 Å². The Hall–Kier alpha value is -1.67. The number of halogens is 2. The second-order valence-corrected chi connectivity index (χ2v) is 6.39. The molecule has 1 N–H and O–H groups in total. The third kappa shape index (κ3) is 6.28. The monoisotopic (exact) mass is 404 g/mol. The molecule has 1 heterocycles. The molecule has 0 spiro atoms. The van der Waals surface area contributed by atoms with Gasteiger partial charge in [-0.15, -0.1) is 23.7 Å². The van der Waals surface area contributed by atoms with Crippen LogP contribution in [0.25, 0.3) is 0 Å². The number of ether oxygens (including phenoxy) is 1. The minimum absolute atomic E-state index is 0. The molecule has 9 heteroatoms. The summed E-state index contributed by atoms with van der Waals surface area (Å²) in [4.78, 5) is 23.2. The molecular formula is C16H18Cl2N2O4S. The first-order chi connectivity index (χ1) is 11.5. The molecule has 1 atom stereocenters. The third-order valence-corrected chi connectivity index (χ3v) is 4.63. The van der Waals surface area contributed by atoms with Crippen LogP contribution in [0.2, 0.25) is 5.02 Å². The first-order valence-corrected chi connectivity index (χ1v) is 8.62. The molecule has 0 saturated carbocycles. The van der Waals surface area contributed by atoms with Crippen molar-refractivity contribution in [2.75, 3.05) is 6.61 Å². The molecule has 25 heavy (non-hydrogen) atoms. The molecule has 2 rings (SSSR count). The maximum atomic E-state index is 11.8. The third-order valence-electron chi connectivity index (χ3n) is 3.32. The summed E-state index contributed by atoms with van der Waals surface area (Å²) in [5.41, 5.74) is 0.588. The Balaban J connectivity index is 0.00000312. The standard InChI is InChI=1S/C16H17ClN2O4S.ClH/c1-2-23-16(20)9-13(15-4-3-7-24-15)18-10-11-5-6-12(17)14(8-11)19(21)22;/h3-8,13,18H,2,9-10H2,1H3;1H. The number of thiophene rings is 1. The summed E-state index contributed by atoms with van der Waals surface area (Å²) < 4.78 is 5.01. The van der Waals surface area contributed by atoms with Crippen molar-refractivity contribution < 1.29 is 14.5 Å². The van der Waals surface area contributed by atoms with Gasteiger partial charge in [-0.1, -0.05) is 23.7 Å². The zero-order valence-corrected chi connectivity index (χ0v) is 15.8. The van der Waals surface area contributed by atoms with Crippen molar-refractivity contribution in [1.82, 2.24) is 5.32 Å². The molecule has 0 aliphatic rings. The van der Waals surface area contributed by atoms with Crippen molar-refractivity contribution in [3.63, 3.8) is 0 Å². The molecule has 136 valence electrons. The highest BCUT2D eigenvalue weighted by Crippen LogP contribution is 2.26. The van der Waals surface area contributed by atoms with Crippen LogP contribution >= 0.6 is 35.3 Å². The van der Waals surface area contributed by atoms with Gasteiger partial charge in [0, 0.05) is 17.5 Å². The number of benzene rings is 1. The number of rotatable bonds is 8. The van der Waals surface area contributed by atoms with E-state index in [1.54, 1.807) is 13.0 Å². The van der Waals surface area contributed by atoms with Gasteiger partial charge in [0.1, 0.15) is 5.02 Å². The molecule has 0 amide bonds.